The Balaban J connectivity index is 2.20. The number of hydrogen-bond acceptors (Lipinski definition) is 3. The summed E-state index contributed by atoms with van der Waals surface area (Å²) >= 11 is 1.82. The van der Waals surface area contributed by atoms with Crippen molar-refractivity contribution >= 4 is 17.0 Å². The van der Waals surface area contributed by atoms with Gasteiger partial charge in [-0.1, -0.05) is 31.2 Å². The number of rotatable bonds is 7. The van der Waals surface area contributed by atoms with Crippen LogP contribution in [-0.4, -0.2) is 12.6 Å². The monoisotopic (exact) mass is 288 g/mol. The summed E-state index contributed by atoms with van der Waals surface area (Å²) in [6.45, 7) is 6.35. The predicted molar refractivity (Wildman–Crippen MR) is 89.5 cm³/mol. The summed E-state index contributed by atoms with van der Waals surface area (Å²) in [4.78, 5) is 3.84. The molecular weight excluding hydrogens is 264 g/mol. The number of hydrogen-bond donors (Lipinski definition) is 1. The second-order valence-corrected chi connectivity index (χ2v) is 6.13. The van der Waals surface area contributed by atoms with Crippen LogP contribution in [0.5, 0.6) is 0 Å². The zero-order valence-electron chi connectivity index (χ0n) is 12.4. The van der Waals surface area contributed by atoms with Gasteiger partial charge in [0.05, 0.1) is 6.54 Å². The van der Waals surface area contributed by atoms with E-state index in [1.54, 1.807) is 0 Å². The first-order valence-corrected chi connectivity index (χ1v) is 8.23. The van der Waals surface area contributed by atoms with E-state index in [1.165, 1.54) is 16.1 Å². The first-order valence-electron chi connectivity index (χ1n) is 7.35. The van der Waals surface area contributed by atoms with Gasteiger partial charge >= 0.3 is 0 Å². The third-order valence-corrected chi connectivity index (χ3v) is 4.51. The van der Waals surface area contributed by atoms with E-state index < -0.39 is 0 Å². The Hall–Kier alpha value is -1.32. The number of anilines is 1. The second kappa shape index (κ2) is 7.46. The van der Waals surface area contributed by atoms with Gasteiger partial charge in [-0.3, -0.25) is 0 Å². The van der Waals surface area contributed by atoms with E-state index in [0.717, 1.165) is 25.9 Å². The zero-order chi connectivity index (χ0) is 14.4. The molecule has 1 unspecified atom stereocenters. The lowest BCUT2D eigenvalue weighted by Gasteiger charge is -2.26. The minimum Gasteiger partial charge on any atom is -0.366 e. The number of para-hydroxylation sites is 1. The number of thiophene rings is 1. The van der Waals surface area contributed by atoms with Crippen molar-refractivity contribution in [3.05, 3.63) is 52.2 Å². The Kier molecular flexibility index (Phi) is 5.62. The lowest BCUT2D eigenvalue weighted by atomic mass is 10.0. The van der Waals surface area contributed by atoms with E-state index in [2.05, 4.69) is 60.5 Å². The summed E-state index contributed by atoms with van der Waals surface area (Å²) in [5, 5.41) is 2.14. The van der Waals surface area contributed by atoms with Crippen LogP contribution in [0.3, 0.4) is 0 Å². The van der Waals surface area contributed by atoms with E-state index in [0.29, 0.717) is 0 Å². The molecule has 1 aromatic carbocycles. The van der Waals surface area contributed by atoms with Crippen molar-refractivity contribution in [1.82, 2.24) is 0 Å². The van der Waals surface area contributed by atoms with Gasteiger partial charge in [-0.15, -0.1) is 11.3 Å². The molecule has 0 bridgehead atoms. The Bertz CT molecular complexity index is 507. The van der Waals surface area contributed by atoms with Crippen LogP contribution in [0.15, 0.2) is 41.8 Å². The van der Waals surface area contributed by atoms with Crippen molar-refractivity contribution in [2.45, 2.75) is 39.3 Å². The molecule has 1 atom stereocenters. The van der Waals surface area contributed by atoms with E-state index >= 15 is 0 Å². The third-order valence-electron chi connectivity index (χ3n) is 3.65. The topological polar surface area (TPSA) is 29.3 Å². The molecule has 0 radical (unpaired) electrons. The molecule has 0 aliphatic heterocycles. The Morgan fingerprint density at radius 1 is 1.15 bits per heavy atom. The molecule has 2 rings (SSSR count). The molecule has 1 aromatic heterocycles. The summed E-state index contributed by atoms with van der Waals surface area (Å²) in [5.74, 6) is 0. The maximum atomic E-state index is 6.14. The molecule has 0 aliphatic carbocycles. The van der Waals surface area contributed by atoms with Crippen molar-refractivity contribution in [2.24, 2.45) is 5.73 Å². The van der Waals surface area contributed by atoms with Gasteiger partial charge in [-0.25, -0.2) is 0 Å². The highest BCUT2D eigenvalue weighted by Gasteiger charge is 2.12. The summed E-state index contributed by atoms with van der Waals surface area (Å²) in [6, 6.07) is 13.2. The molecule has 0 fully saturated rings. The minimum atomic E-state index is 0.247. The molecule has 20 heavy (non-hydrogen) atoms. The molecule has 108 valence electrons. The average molecular weight is 288 g/mol. The van der Waals surface area contributed by atoms with Crippen molar-refractivity contribution in [3.63, 3.8) is 0 Å². The Morgan fingerprint density at radius 3 is 2.60 bits per heavy atom. The second-order valence-electron chi connectivity index (χ2n) is 5.09. The molecular formula is C17H24N2S. The number of nitrogens with zero attached hydrogens (tertiary/aromatic N) is 1. The number of nitrogens with two attached hydrogens (primary N) is 1. The van der Waals surface area contributed by atoms with Crippen LogP contribution >= 0.6 is 11.3 Å². The van der Waals surface area contributed by atoms with Gasteiger partial charge in [-0.05, 0) is 42.8 Å². The van der Waals surface area contributed by atoms with Crippen LogP contribution in [0, 0.1) is 0 Å². The van der Waals surface area contributed by atoms with Gasteiger partial charge in [0.25, 0.3) is 0 Å². The van der Waals surface area contributed by atoms with Gasteiger partial charge < -0.3 is 10.6 Å². The maximum absolute atomic E-state index is 6.14. The highest BCUT2D eigenvalue weighted by Crippen LogP contribution is 2.24. The smallest absolute Gasteiger partial charge is 0.0522 e. The molecule has 2 N–H and O–H groups in total. The Morgan fingerprint density at radius 2 is 1.95 bits per heavy atom. The molecule has 0 spiro atoms. The third kappa shape index (κ3) is 3.84. The quantitative estimate of drug-likeness (QED) is 0.832. The van der Waals surface area contributed by atoms with Crippen LogP contribution in [0.2, 0.25) is 0 Å². The summed E-state index contributed by atoms with van der Waals surface area (Å²) in [6.07, 6.45) is 1.97. The van der Waals surface area contributed by atoms with Crippen LogP contribution in [-0.2, 0) is 13.0 Å². The first-order chi connectivity index (χ1) is 9.74. The fourth-order valence-corrected chi connectivity index (χ4v) is 3.10. The highest BCUT2D eigenvalue weighted by atomic mass is 32.1. The molecule has 0 aliphatic rings. The van der Waals surface area contributed by atoms with Crippen molar-refractivity contribution in [3.8, 4) is 0 Å². The maximum Gasteiger partial charge on any atom is 0.0522 e. The van der Waals surface area contributed by atoms with Crippen LogP contribution in [0.25, 0.3) is 0 Å². The highest BCUT2D eigenvalue weighted by molar-refractivity contribution is 7.09. The molecule has 0 saturated carbocycles. The lowest BCUT2D eigenvalue weighted by Crippen LogP contribution is -2.26. The molecule has 0 amide bonds. The van der Waals surface area contributed by atoms with Crippen molar-refractivity contribution < 1.29 is 0 Å². The molecule has 1 heterocycles. The summed E-state index contributed by atoms with van der Waals surface area (Å²) in [5.41, 5.74) is 8.82. The largest absolute Gasteiger partial charge is 0.366 e. The molecule has 3 heteroatoms. The van der Waals surface area contributed by atoms with E-state index in [9.17, 15) is 0 Å². The van der Waals surface area contributed by atoms with E-state index in [1.807, 2.05) is 11.3 Å². The fourth-order valence-electron chi connectivity index (χ4n) is 2.38. The van der Waals surface area contributed by atoms with Crippen LogP contribution in [0.1, 0.15) is 30.7 Å². The predicted octanol–water partition coefficient (Wildman–Crippen LogP) is 4.05. The summed E-state index contributed by atoms with van der Waals surface area (Å²) in [7, 11) is 0. The standard InChI is InChI=1S/C17H24N2S/c1-3-15(18)12-14-8-5-6-10-17(14)19(4-2)13-16-9-7-11-20-16/h5-11,15H,3-4,12-13,18H2,1-2H3. The van der Waals surface area contributed by atoms with Gasteiger partial charge in [0.15, 0.2) is 0 Å². The van der Waals surface area contributed by atoms with Gasteiger partial charge in [0.2, 0.25) is 0 Å². The Labute approximate surface area is 126 Å². The van der Waals surface area contributed by atoms with Crippen LogP contribution < -0.4 is 10.6 Å². The lowest BCUT2D eigenvalue weighted by molar-refractivity contribution is 0.644. The van der Waals surface area contributed by atoms with Gasteiger partial charge in [0.1, 0.15) is 0 Å². The average Bonchev–Trinajstić information content (AvgIpc) is 2.98. The van der Waals surface area contributed by atoms with E-state index in [-0.39, 0.29) is 6.04 Å². The number of benzene rings is 1. The molecule has 2 aromatic rings. The molecule has 0 saturated heterocycles. The molecule has 2 nitrogen and oxygen atoms in total. The summed E-state index contributed by atoms with van der Waals surface area (Å²) < 4.78 is 0. The van der Waals surface area contributed by atoms with Gasteiger partial charge in [-0.2, -0.15) is 0 Å². The normalized spacial score (nSPS) is 12.3. The first kappa shape index (κ1) is 15.1. The van der Waals surface area contributed by atoms with Crippen molar-refractivity contribution in [2.75, 3.05) is 11.4 Å². The van der Waals surface area contributed by atoms with E-state index in [4.69, 9.17) is 5.73 Å². The fraction of sp³-hybridized carbons (Fsp3) is 0.412. The van der Waals surface area contributed by atoms with Crippen LogP contribution in [0.4, 0.5) is 5.69 Å². The zero-order valence-corrected chi connectivity index (χ0v) is 13.2. The van der Waals surface area contributed by atoms with Crippen molar-refractivity contribution in [1.29, 1.82) is 0 Å². The minimum absolute atomic E-state index is 0.247. The van der Waals surface area contributed by atoms with Gasteiger partial charge in [0, 0.05) is 23.2 Å². The SMILES string of the molecule is CCC(N)Cc1ccccc1N(CC)Cc1cccs1.